The number of aliphatic hydroxyl groups is 1. The van der Waals surface area contributed by atoms with Gasteiger partial charge in [0.15, 0.2) is 0 Å². The first-order valence-electron chi connectivity index (χ1n) is 6.98. The van der Waals surface area contributed by atoms with E-state index in [1.807, 2.05) is 48.5 Å². The summed E-state index contributed by atoms with van der Waals surface area (Å²) in [5.74, 6) is 1.54. The Bertz CT molecular complexity index is 557. The smallest absolute Gasteiger partial charge is 0.131 e. The van der Waals surface area contributed by atoms with Crippen LogP contribution in [0, 0.1) is 0 Å². The Morgan fingerprint density at radius 3 is 2.76 bits per heavy atom. The van der Waals surface area contributed by atoms with Gasteiger partial charge >= 0.3 is 0 Å². The van der Waals surface area contributed by atoms with Crippen LogP contribution in [0.25, 0.3) is 0 Å². The summed E-state index contributed by atoms with van der Waals surface area (Å²) in [6.07, 6.45) is 0. The van der Waals surface area contributed by atoms with E-state index in [2.05, 4.69) is 5.32 Å². The minimum atomic E-state index is 0.0113. The highest BCUT2D eigenvalue weighted by molar-refractivity contribution is 5.38. The Balaban J connectivity index is 2.05. The van der Waals surface area contributed by atoms with Gasteiger partial charge in [-0.05, 0) is 23.8 Å². The summed E-state index contributed by atoms with van der Waals surface area (Å²) in [6, 6.07) is 15.4. The van der Waals surface area contributed by atoms with Crippen molar-refractivity contribution in [1.82, 2.24) is 5.32 Å². The minimum absolute atomic E-state index is 0.0113. The summed E-state index contributed by atoms with van der Waals surface area (Å²) in [5.41, 5.74) is 1.92. The van der Waals surface area contributed by atoms with E-state index >= 15 is 0 Å². The Morgan fingerprint density at radius 2 is 1.95 bits per heavy atom. The molecule has 4 heteroatoms. The summed E-state index contributed by atoms with van der Waals surface area (Å²) in [5, 5.41) is 12.5. The average molecular weight is 287 g/mol. The van der Waals surface area contributed by atoms with Crippen LogP contribution in [0.4, 0.5) is 0 Å². The van der Waals surface area contributed by atoms with Gasteiger partial charge in [0.05, 0.1) is 13.2 Å². The van der Waals surface area contributed by atoms with Crippen molar-refractivity contribution >= 4 is 0 Å². The van der Waals surface area contributed by atoms with Gasteiger partial charge in [0, 0.05) is 25.8 Å². The van der Waals surface area contributed by atoms with Gasteiger partial charge < -0.3 is 19.9 Å². The molecule has 0 aliphatic heterocycles. The largest absolute Gasteiger partial charge is 0.457 e. The molecule has 0 radical (unpaired) electrons. The van der Waals surface area contributed by atoms with E-state index in [-0.39, 0.29) is 6.61 Å². The Kier molecular flexibility index (Phi) is 6.22. The molecule has 0 bridgehead atoms. The van der Waals surface area contributed by atoms with Crippen molar-refractivity contribution in [2.45, 2.75) is 13.2 Å². The standard InChI is InChI=1S/C17H21NO3/c1-20-10-9-18-12-15-6-2-3-8-17(15)21-16-7-4-5-14(11-16)13-19/h2-8,11,18-19H,9-10,12-13H2,1H3. The fraction of sp³-hybridized carbons (Fsp3) is 0.294. The fourth-order valence-electron chi connectivity index (χ4n) is 1.98. The lowest BCUT2D eigenvalue weighted by atomic mass is 10.2. The lowest BCUT2D eigenvalue weighted by molar-refractivity contribution is 0.199. The van der Waals surface area contributed by atoms with E-state index < -0.39 is 0 Å². The second kappa shape index (κ2) is 8.42. The molecule has 2 aromatic carbocycles. The number of ether oxygens (including phenoxy) is 2. The highest BCUT2D eigenvalue weighted by Gasteiger charge is 2.04. The normalized spacial score (nSPS) is 10.6. The molecule has 0 spiro atoms. The van der Waals surface area contributed by atoms with Crippen molar-refractivity contribution in [3.8, 4) is 11.5 Å². The van der Waals surface area contributed by atoms with Gasteiger partial charge in [-0.1, -0.05) is 30.3 Å². The molecular weight excluding hydrogens is 266 g/mol. The maximum Gasteiger partial charge on any atom is 0.131 e. The van der Waals surface area contributed by atoms with Gasteiger partial charge in [-0.3, -0.25) is 0 Å². The molecule has 2 N–H and O–H groups in total. The zero-order valence-electron chi connectivity index (χ0n) is 12.2. The van der Waals surface area contributed by atoms with E-state index in [0.29, 0.717) is 6.61 Å². The lowest BCUT2D eigenvalue weighted by Crippen LogP contribution is -2.18. The van der Waals surface area contributed by atoms with Crippen LogP contribution in [0.15, 0.2) is 48.5 Å². The van der Waals surface area contributed by atoms with Gasteiger partial charge in [-0.15, -0.1) is 0 Å². The predicted octanol–water partition coefficient (Wildman–Crippen LogP) is 2.71. The topological polar surface area (TPSA) is 50.7 Å². The van der Waals surface area contributed by atoms with Crippen LogP contribution in [-0.2, 0) is 17.9 Å². The van der Waals surface area contributed by atoms with Crippen LogP contribution in [0.5, 0.6) is 11.5 Å². The third-order valence-electron chi connectivity index (χ3n) is 3.08. The van der Waals surface area contributed by atoms with Crippen molar-refractivity contribution in [2.24, 2.45) is 0 Å². The molecule has 0 atom stereocenters. The van der Waals surface area contributed by atoms with Gasteiger partial charge in [-0.2, -0.15) is 0 Å². The van der Waals surface area contributed by atoms with Crippen molar-refractivity contribution in [1.29, 1.82) is 0 Å². The third-order valence-corrected chi connectivity index (χ3v) is 3.08. The molecule has 2 rings (SSSR count). The zero-order chi connectivity index (χ0) is 14.9. The molecule has 112 valence electrons. The number of rotatable bonds is 8. The van der Waals surface area contributed by atoms with E-state index in [9.17, 15) is 5.11 Å². The summed E-state index contributed by atoms with van der Waals surface area (Å²) in [6.45, 7) is 2.21. The number of para-hydroxylation sites is 1. The Labute approximate surface area is 125 Å². The van der Waals surface area contributed by atoms with Gasteiger partial charge in [0.1, 0.15) is 11.5 Å². The second-order valence-electron chi connectivity index (χ2n) is 4.68. The molecule has 2 aromatic rings. The molecule has 0 aliphatic carbocycles. The van der Waals surface area contributed by atoms with E-state index in [4.69, 9.17) is 9.47 Å². The maximum atomic E-state index is 9.17. The van der Waals surface area contributed by atoms with E-state index in [1.54, 1.807) is 7.11 Å². The second-order valence-corrected chi connectivity index (χ2v) is 4.68. The molecule has 0 fully saturated rings. The van der Waals surface area contributed by atoms with Crippen molar-refractivity contribution in [3.05, 3.63) is 59.7 Å². The number of hydrogen-bond donors (Lipinski definition) is 2. The summed E-state index contributed by atoms with van der Waals surface area (Å²) in [7, 11) is 1.69. The van der Waals surface area contributed by atoms with Crippen LogP contribution < -0.4 is 10.1 Å². The minimum Gasteiger partial charge on any atom is -0.457 e. The monoisotopic (exact) mass is 287 g/mol. The number of benzene rings is 2. The fourth-order valence-corrected chi connectivity index (χ4v) is 1.98. The molecule has 0 heterocycles. The highest BCUT2D eigenvalue weighted by atomic mass is 16.5. The van der Waals surface area contributed by atoms with Crippen molar-refractivity contribution in [2.75, 3.05) is 20.3 Å². The number of methoxy groups -OCH3 is 1. The van der Waals surface area contributed by atoms with Crippen LogP contribution in [0.3, 0.4) is 0 Å². The highest BCUT2D eigenvalue weighted by Crippen LogP contribution is 2.25. The molecule has 0 aromatic heterocycles. The van der Waals surface area contributed by atoms with E-state index in [1.165, 1.54) is 0 Å². The molecule has 0 aliphatic rings. The molecule has 0 unspecified atom stereocenters. The van der Waals surface area contributed by atoms with Gasteiger partial charge in [0.2, 0.25) is 0 Å². The van der Waals surface area contributed by atoms with Crippen molar-refractivity contribution < 1.29 is 14.6 Å². The summed E-state index contributed by atoms with van der Waals surface area (Å²) in [4.78, 5) is 0. The van der Waals surface area contributed by atoms with Crippen LogP contribution in [0.1, 0.15) is 11.1 Å². The first-order valence-corrected chi connectivity index (χ1v) is 6.98. The quantitative estimate of drug-likeness (QED) is 0.733. The predicted molar refractivity (Wildman–Crippen MR) is 82.5 cm³/mol. The summed E-state index contributed by atoms with van der Waals surface area (Å²) < 4.78 is 10.9. The van der Waals surface area contributed by atoms with Crippen LogP contribution >= 0.6 is 0 Å². The number of hydrogen-bond acceptors (Lipinski definition) is 4. The molecule has 4 nitrogen and oxygen atoms in total. The lowest BCUT2D eigenvalue weighted by Gasteiger charge is -2.12. The van der Waals surface area contributed by atoms with Crippen molar-refractivity contribution in [3.63, 3.8) is 0 Å². The van der Waals surface area contributed by atoms with Crippen LogP contribution in [0.2, 0.25) is 0 Å². The SMILES string of the molecule is COCCNCc1ccccc1Oc1cccc(CO)c1. The molecule has 0 amide bonds. The first kappa shape index (κ1) is 15.5. The average Bonchev–Trinajstić information content (AvgIpc) is 2.53. The maximum absolute atomic E-state index is 9.17. The number of nitrogens with one attached hydrogen (secondary N) is 1. The Morgan fingerprint density at radius 1 is 1.10 bits per heavy atom. The summed E-state index contributed by atoms with van der Waals surface area (Å²) >= 11 is 0. The first-order chi connectivity index (χ1) is 10.3. The molecule has 0 saturated heterocycles. The molecular formula is C17H21NO3. The third kappa shape index (κ3) is 4.86. The van der Waals surface area contributed by atoms with Gasteiger partial charge in [0.25, 0.3) is 0 Å². The zero-order valence-corrected chi connectivity index (χ0v) is 12.2. The number of aliphatic hydroxyl groups excluding tert-OH is 1. The van der Waals surface area contributed by atoms with Crippen LogP contribution in [-0.4, -0.2) is 25.4 Å². The Hall–Kier alpha value is -1.88. The molecule has 0 saturated carbocycles. The van der Waals surface area contributed by atoms with E-state index in [0.717, 1.165) is 35.7 Å². The molecule has 21 heavy (non-hydrogen) atoms. The van der Waals surface area contributed by atoms with Gasteiger partial charge in [-0.25, -0.2) is 0 Å².